The molecule has 2 N–H and O–H groups in total. The SMILES string of the molecule is CCc1cn(S(=O)(=O)c2ccc(F)cc2)cc1C(=O)C=C(O)c1nc[nH]n1. The summed E-state index contributed by atoms with van der Waals surface area (Å²) in [5, 5.41) is 16.0. The number of nitrogens with zero attached hydrogens (tertiary/aromatic N) is 3. The van der Waals surface area contributed by atoms with Gasteiger partial charge in [0.15, 0.2) is 11.5 Å². The average Bonchev–Trinajstić information content (AvgIpc) is 3.32. The normalized spacial score (nSPS) is 12.3. The molecule has 0 amide bonds. The summed E-state index contributed by atoms with van der Waals surface area (Å²) in [6.45, 7) is 1.76. The van der Waals surface area contributed by atoms with Crippen molar-refractivity contribution < 1.29 is 22.7 Å². The Kier molecular flexibility index (Phi) is 4.91. The molecule has 3 aromatic rings. The van der Waals surface area contributed by atoms with Gasteiger partial charge in [0.05, 0.1) is 4.90 Å². The monoisotopic (exact) mass is 390 g/mol. The second-order valence-corrected chi connectivity index (χ2v) is 7.40. The number of nitrogens with one attached hydrogen (secondary N) is 1. The van der Waals surface area contributed by atoms with Crippen LogP contribution in [0, 0.1) is 5.82 Å². The maximum absolute atomic E-state index is 13.1. The Labute approximate surface area is 154 Å². The minimum atomic E-state index is -3.99. The number of H-pyrrole nitrogens is 1. The zero-order chi connectivity index (χ0) is 19.6. The Morgan fingerprint density at radius 3 is 2.59 bits per heavy atom. The fourth-order valence-electron chi connectivity index (χ4n) is 2.44. The summed E-state index contributed by atoms with van der Waals surface area (Å²) in [5.41, 5.74) is 0.593. The number of hydrogen-bond donors (Lipinski definition) is 2. The minimum absolute atomic E-state index is 0.0558. The third-order valence-corrected chi connectivity index (χ3v) is 5.47. The van der Waals surface area contributed by atoms with Crippen LogP contribution in [0.5, 0.6) is 0 Å². The predicted molar refractivity (Wildman–Crippen MR) is 94.1 cm³/mol. The van der Waals surface area contributed by atoms with E-state index in [4.69, 9.17) is 0 Å². The first-order valence-electron chi connectivity index (χ1n) is 7.86. The molecule has 0 atom stereocenters. The molecule has 0 unspecified atom stereocenters. The molecule has 1 aromatic carbocycles. The van der Waals surface area contributed by atoms with Crippen molar-refractivity contribution in [2.75, 3.05) is 0 Å². The summed E-state index contributed by atoms with van der Waals surface area (Å²) in [7, 11) is -3.99. The van der Waals surface area contributed by atoms with Gasteiger partial charge >= 0.3 is 0 Å². The van der Waals surface area contributed by atoms with Crippen molar-refractivity contribution >= 4 is 21.6 Å². The second kappa shape index (κ2) is 7.16. The number of benzene rings is 1. The van der Waals surface area contributed by atoms with Gasteiger partial charge in [-0.2, -0.15) is 5.10 Å². The van der Waals surface area contributed by atoms with Gasteiger partial charge in [-0.25, -0.2) is 21.8 Å². The van der Waals surface area contributed by atoms with Crippen LogP contribution in [-0.4, -0.2) is 38.5 Å². The maximum Gasteiger partial charge on any atom is 0.267 e. The van der Waals surface area contributed by atoms with Crippen LogP contribution in [0.2, 0.25) is 0 Å². The molecule has 10 heteroatoms. The Hall–Kier alpha value is -3.27. The lowest BCUT2D eigenvalue weighted by molar-refractivity contribution is 0.104. The minimum Gasteiger partial charge on any atom is -0.504 e. The third kappa shape index (κ3) is 3.65. The number of aryl methyl sites for hydroxylation is 1. The van der Waals surface area contributed by atoms with Crippen LogP contribution in [0.25, 0.3) is 5.76 Å². The van der Waals surface area contributed by atoms with Crippen LogP contribution >= 0.6 is 0 Å². The van der Waals surface area contributed by atoms with E-state index in [9.17, 15) is 22.7 Å². The number of halogens is 1. The number of aromatic nitrogens is 4. The predicted octanol–water partition coefficient (Wildman–Crippen LogP) is 2.33. The standard InChI is InChI=1S/C17H15FN4O4S/c1-2-11-8-22(27(25,26)13-5-3-12(18)4-6-13)9-14(11)15(23)7-16(24)17-19-10-20-21-17/h3-10,24H,2H2,1H3,(H,19,20,21). The second-order valence-electron chi connectivity index (χ2n) is 5.56. The maximum atomic E-state index is 13.1. The van der Waals surface area contributed by atoms with E-state index in [1.165, 1.54) is 18.7 Å². The number of hydrogen-bond acceptors (Lipinski definition) is 6. The molecule has 27 heavy (non-hydrogen) atoms. The molecule has 2 heterocycles. The molecule has 0 bridgehead atoms. The van der Waals surface area contributed by atoms with Gasteiger partial charge < -0.3 is 5.11 Å². The molecule has 0 aliphatic rings. The molecule has 140 valence electrons. The highest BCUT2D eigenvalue weighted by atomic mass is 32.2. The molecule has 0 saturated carbocycles. The lowest BCUT2D eigenvalue weighted by atomic mass is 10.1. The Bertz CT molecular complexity index is 1100. The molecule has 0 aliphatic carbocycles. The van der Waals surface area contributed by atoms with E-state index < -0.39 is 27.4 Å². The van der Waals surface area contributed by atoms with E-state index in [2.05, 4.69) is 15.2 Å². The summed E-state index contributed by atoms with van der Waals surface area (Å²) in [6, 6.07) is 4.38. The molecular formula is C17H15FN4O4S. The quantitative estimate of drug-likeness (QED) is 0.379. The van der Waals surface area contributed by atoms with E-state index in [0.717, 1.165) is 34.3 Å². The fraction of sp³-hybridized carbons (Fsp3) is 0.118. The first kappa shape index (κ1) is 18.5. The molecule has 3 rings (SSSR count). The van der Waals surface area contributed by atoms with Crippen molar-refractivity contribution in [3.05, 3.63) is 71.8 Å². The van der Waals surface area contributed by atoms with Crippen LogP contribution in [0.3, 0.4) is 0 Å². The molecule has 2 aromatic heterocycles. The van der Waals surface area contributed by atoms with E-state index in [-0.39, 0.29) is 16.3 Å². The van der Waals surface area contributed by atoms with Gasteiger partial charge in [0.1, 0.15) is 12.1 Å². The van der Waals surface area contributed by atoms with Crippen LogP contribution in [0.1, 0.15) is 28.7 Å². The molecule has 0 saturated heterocycles. The Balaban J connectivity index is 1.99. The summed E-state index contributed by atoms with van der Waals surface area (Å²) in [4.78, 5) is 16.1. The van der Waals surface area contributed by atoms with E-state index in [1.54, 1.807) is 6.92 Å². The fourth-order valence-corrected chi connectivity index (χ4v) is 3.67. The average molecular weight is 390 g/mol. The molecule has 8 nitrogen and oxygen atoms in total. The highest BCUT2D eigenvalue weighted by Crippen LogP contribution is 2.21. The van der Waals surface area contributed by atoms with Crippen LogP contribution in [0.4, 0.5) is 4.39 Å². The lowest BCUT2D eigenvalue weighted by Gasteiger charge is -2.05. The van der Waals surface area contributed by atoms with Crippen LogP contribution < -0.4 is 0 Å². The third-order valence-electron chi connectivity index (χ3n) is 3.83. The molecule has 0 fully saturated rings. The van der Waals surface area contributed by atoms with Crippen molar-refractivity contribution in [2.24, 2.45) is 0 Å². The van der Waals surface area contributed by atoms with Crippen molar-refractivity contribution in [1.29, 1.82) is 0 Å². The number of aliphatic hydroxyl groups is 1. The summed E-state index contributed by atoms with van der Waals surface area (Å²) in [5.74, 6) is -1.65. The highest BCUT2D eigenvalue weighted by Gasteiger charge is 2.21. The number of allylic oxidation sites excluding steroid dienone is 1. The lowest BCUT2D eigenvalue weighted by Crippen LogP contribution is -2.11. The smallest absolute Gasteiger partial charge is 0.267 e. The van der Waals surface area contributed by atoms with Crippen molar-refractivity contribution in [2.45, 2.75) is 18.2 Å². The van der Waals surface area contributed by atoms with E-state index >= 15 is 0 Å². The van der Waals surface area contributed by atoms with Crippen molar-refractivity contribution in [1.82, 2.24) is 19.2 Å². The van der Waals surface area contributed by atoms with Gasteiger partial charge in [0.2, 0.25) is 5.82 Å². The highest BCUT2D eigenvalue weighted by molar-refractivity contribution is 7.90. The van der Waals surface area contributed by atoms with Crippen molar-refractivity contribution in [3.8, 4) is 0 Å². The number of aromatic amines is 1. The van der Waals surface area contributed by atoms with Gasteiger partial charge in [-0.3, -0.25) is 9.89 Å². The number of carbonyl (C=O) groups excluding carboxylic acids is 1. The zero-order valence-corrected chi connectivity index (χ0v) is 14.9. The zero-order valence-electron chi connectivity index (χ0n) is 14.1. The van der Waals surface area contributed by atoms with E-state index in [1.807, 2.05) is 0 Å². The molecule has 0 aliphatic heterocycles. The van der Waals surface area contributed by atoms with Crippen LogP contribution in [-0.2, 0) is 16.4 Å². The largest absolute Gasteiger partial charge is 0.504 e. The summed E-state index contributed by atoms with van der Waals surface area (Å²) >= 11 is 0. The number of rotatable bonds is 6. The first-order valence-corrected chi connectivity index (χ1v) is 9.30. The van der Waals surface area contributed by atoms with Gasteiger partial charge in [0, 0.05) is 24.0 Å². The Morgan fingerprint density at radius 2 is 2.00 bits per heavy atom. The van der Waals surface area contributed by atoms with Gasteiger partial charge in [0.25, 0.3) is 10.0 Å². The Morgan fingerprint density at radius 1 is 1.30 bits per heavy atom. The number of aliphatic hydroxyl groups excluding tert-OH is 1. The van der Waals surface area contributed by atoms with Gasteiger partial charge in [-0.1, -0.05) is 6.92 Å². The molecule has 0 radical (unpaired) electrons. The van der Waals surface area contributed by atoms with Crippen molar-refractivity contribution in [3.63, 3.8) is 0 Å². The van der Waals surface area contributed by atoms with Gasteiger partial charge in [-0.05, 0) is 36.2 Å². The number of carbonyl (C=O) groups is 1. The topological polar surface area (TPSA) is 118 Å². The first-order chi connectivity index (χ1) is 12.8. The summed E-state index contributed by atoms with van der Waals surface area (Å²) < 4.78 is 39.4. The summed E-state index contributed by atoms with van der Waals surface area (Å²) in [6.07, 6.45) is 5.05. The van der Waals surface area contributed by atoms with Gasteiger partial charge in [-0.15, -0.1) is 0 Å². The molecule has 0 spiro atoms. The molecular weight excluding hydrogens is 375 g/mol. The van der Waals surface area contributed by atoms with Crippen LogP contribution in [0.15, 0.2) is 54.0 Å². The number of ketones is 1. The van der Waals surface area contributed by atoms with E-state index in [0.29, 0.717) is 12.0 Å².